The van der Waals surface area contributed by atoms with Gasteiger partial charge < -0.3 is 10.2 Å². The second-order valence-electron chi connectivity index (χ2n) is 8.77. The third-order valence-electron chi connectivity index (χ3n) is 6.21. The Morgan fingerprint density at radius 2 is 1.75 bits per heavy atom. The molecule has 3 aromatic rings. The van der Waals surface area contributed by atoms with E-state index >= 15 is 0 Å². The molecular formula is C26H26F3N7. The number of piperidine rings is 1. The molecule has 36 heavy (non-hydrogen) atoms. The fourth-order valence-corrected chi connectivity index (χ4v) is 4.36. The van der Waals surface area contributed by atoms with Crippen LogP contribution in [-0.4, -0.2) is 34.3 Å². The van der Waals surface area contributed by atoms with Crippen molar-refractivity contribution in [3.63, 3.8) is 0 Å². The monoisotopic (exact) mass is 493 g/mol. The molecule has 0 bridgehead atoms. The van der Waals surface area contributed by atoms with Gasteiger partial charge in [0.1, 0.15) is 0 Å². The summed E-state index contributed by atoms with van der Waals surface area (Å²) in [6.07, 6.45) is 3.59. The molecular weight excluding hydrogens is 467 g/mol. The second-order valence-corrected chi connectivity index (χ2v) is 8.77. The molecule has 0 saturated carbocycles. The number of alkyl halides is 3. The van der Waals surface area contributed by atoms with Crippen molar-refractivity contribution < 1.29 is 13.2 Å². The minimum atomic E-state index is -4.39. The molecule has 2 aromatic carbocycles. The zero-order chi connectivity index (χ0) is 25.0. The van der Waals surface area contributed by atoms with E-state index in [1.165, 1.54) is 11.6 Å². The lowest BCUT2D eigenvalue weighted by atomic mass is 10.1. The lowest BCUT2D eigenvalue weighted by Gasteiger charge is -2.26. The molecule has 1 fully saturated rings. The number of rotatable bonds is 7. The first-order chi connectivity index (χ1) is 17.5. The number of fused-ring (bicyclic) bond motifs is 1. The number of hydrazone groups is 1. The van der Waals surface area contributed by atoms with Crippen molar-refractivity contribution in [3.8, 4) is 0 Å². The summed E-state index contributed by atoms with van der Waals surface area (Å²) in [7, 11) is 0. The van der Waals surface area contributed by atoms with Gasteiger partial charge in [-0.1, -0.05) is 42.5 Å². The lowest BCUT2D eigenvalue weighted by Crippen LogP contribution is -2.31. The van der Waals surface area contributed by atoms with Crippen molar-refractivity contribution in [3.05, 3.63) is 76.9 Å². The van der Waals surface area contributed by atoms with Crippen molar-refractivity contribution in [2.45, 2.75) is 38.4 Å². The highest BCUT2D eigenvalue weighted by Crippen LogP contribution is 2.30. The summed E-state index contributed by atoms with van der Waals surface area (Å²) in [4.78, 5) is 15.5. The van der Waals surface area contributed by atoms with Gasteiger partial charge in [-0.2, -0.15) is 33.2 Å². The normalized spacial score (nSPS) is 15.6. The van der Waals surface area contributed by atoms with E-state index in [2.05, 4.69) is 53.9 Å². The van der Waals surface area contributed by atoms with E-state index < -0.39 is 11.7 Å². The van der Waals surface area contributed by atoms with Crippen LogP contribution in [0.5, 0.6) is 0 Å². The number of nitrogens with one attached hydrogen (secondary N) is 2. The Kier molecular flexibility index (Phi) is 6.84. The van der Waals surface area contributed by atoms with Crippen molar-refractivity contribution in [1.29, 1.82) is 0 Å². The molecule has 0 amide bonds. The highest BCUT2D eigenvalue weighted by Gasteiger charge is 2.30. The second kappa shape index (κ2) is 10.3. The van der Waals surface area contributed by atoms with Crippen LogP contribution in [0.1, 0.15) is 41.5 Å². The van der Waals surface area contributed by atoms with Crippen LogP contribution in [0.4, 0.5) is 31.0 Å². The fourth-order valence-electron chi connectivity index (χ4n) is 4.36. The van der Waals surface area contributed by atoms with Crippen LogP contribution in [0.15, 0.2) is 59.7 Å². The van der Waals surface area contributed by atoms with Gasteiger partial charge >= 0.3 is 6.18 Å². The summed E-state index contributed by atoms with van der Waals surface area (Å²) in [6.45, 7) is 1.81. The number of halogens is 3. The largest absolute Gasteiger partial charge is 0.416 e. The minimum Gasteiger partial charge on any atom is -0.350 e. The van der Waals surface area contributed by atoms with Crippen molar-refractivity contribution in [2.24, 2.45) is 5.10 Å². The van der Waals surface area contributed by atoms with Crippen LogP contribution in [0.3, 0.4) is 0 Å². The van der Waals surface area contributed by atoms with Gasteiger partial charge in [-0.05, 0) is 60.1 Å². The van der Waals surface area contributed by atoms with Crippen LogP contribution < -0.4 is 15.6 Å². The molecule has 5 rings (SSSR count). The maximum atomic E-state index is 13.1. The lowest BCUT2D eigenvalue weighted by molar-refractivity contribution is -0.137. The summed E-state index contributed by atoms with van der Waals surface area (Å²) in [5.41, 5.74) is 6.11. The molecule has 10 heteroatoms. The highest BCUT2D eigenvalue weighted by atomic mass is 19.4. The van der Waals surface area contributed by atoms with Crippen molar-refractivity contribution >= 4 is 29.6 Å². The van der Waals surface area contributed by atoms with Gasteiger partial charge in [0, 0.05) is 19.6 Å². The number of hydrogen-bond donors (Lipinski definition) is 2. The van der Waals surface area contributed by atoms with Crippen LogP contribution in [-0.2, 0) is 19.1 Å². The van der Waals surface area contributed by atoms with Crippen LogP contribution >= 0.6 is 0 Å². The molecule has 2 N–H and O–H groups in total. The Labute approximate surface area is 207 Å². The van der Waals surface area contributed by atoms with Crippen LogP contribution in [0.2, 0.25) is 0 Å². The molecule has 186 valence electrons. The number of anilines is 3. The highest BCUT2D eigenvalue weighted by molar-refractivity contribution is 6.11. The van der Waals surface area contributed by atoms with Gasteiger partial charge in [-0.15, -0.1) is 0 Å². The predicted octanol–water partition coefficient (Wildman–Crippen LogP) is 5.53. The van der Waals surface area contributed by atoms with Crippen molar-refractivity contribution in [1.82, 2.24) is 15.0 Å². The average Bonchev–Trinajstić information content (AvgIpc) is 3.31. The Bertz CT molecular complexity index is 1280. The molecule has 1 saturated heterocycles. The topological polar surface area (TPSA) is 78.3 Å². The summed E-state index contributed by atoms with van der Waals surface area (Å²) in [5.74, 6) is 1.05. The van der Waals surface area contributed by atoms with E-state index in [-0.39, 0.29) is 18.4 Å². The molecule has 0 spiro atoms. The molecule has 0 radical (unpaired) electrons. The first kappa shape index (κ1) is 23.8. The van der Waals surface area contributed by atoms with E-state index in [4.69, 9.17) is 0 Å². The van der Waals surface area contributed by atoms with E-state index in [9.17, 15) is 13.2 Å². The number of aromatic nitrogens is 3. The third-order valence-corrected chi connectivity index (χ3v) is 6.21. The summed E-state index contributed by atoms with van der Waals surface area (Å²) in [5, 5.41) is 7.38. The average molecular weight is 494 g/mol. The van der Waals surface area contributed by atoms with Crippen LogP contribution in [0.25, 0.3) is 5.57 Å². The number of benzene rings is 2. The first-order valence-electron chi connectivity index (χ1n) is 11.9. The van der Waals surface area contributed by atoms with Gasteiger partial charge in [-0.25, -0.2) is 5.43 Å². The maximum absolute atomic E-state index is 13.1. The summed E-state index contributed by atoms with van der Waals surface area (Å²) in [6, 6.07) is 13.4. The molecule has 1 aliphatic heterocycles. The number of allylic oxidation sites excluding steroid dienone is 2. The van der Waals surface area contributed by atoms with Crippen LogP contribution in [0, 0.1) is 0 Å². The zero-order valence-electron chi connectivity index (χ0n) is 19.6. The number of nitrogens with zero attached hydrogens (tertiary/aromatic N) is 5. The maximum Gasteiger partial charge on any atom is 0.416 e. The fraction of sp³-hybridized carbons (Fsp3) is 0.308. The summed E-state index contributed by atoms with van der Waals surface area (Å²) >= 11 is 0. The zero-order valence-corrected chi connectivity index (χ0v) is 19.6. The smallest absolute Gasteiger partial charge is 0.350 e. The Hall–Kier alpha value is -3.95. The number of hydrogen-bond acceptors (Lipinski definition) is 7. The molecule has 1 aromatic heterocycles. The SMILES string of the molecule is FC(F)(F)c1cccc(CNc2nc(N/N=C/C3=CCc4ccccc43)nc(N3CCCCC3)n2)c1. The molecule has 0 unspecified atom stereocenters. The Morgan fingerprint density at radius 1 is 0.944 bits per heavy atom. The van der Waals surface area contributed by atoms with Gasteiger partial charge in [0.25, 0.3) is 0 Å². The third kappa shape index (κ3) is 5.64. The first-order valence-corrected chi connectivity index (χ1v) is 11.9. The van der Waals surface area contributed by atoms with E-state index in [1.807, 2.05) is 12.1 Å². The van der Waals surface area contributed by atoms with Gasteiger partial charge in [0.15, 0.2) is 0 Å². The quantitative estimate of drug-likeness (QED) is 0.333. The predicted molar refractivity (Wildman–Crippen MR) is 135 cm³/mol. The van der Waals surface area contributed by atoms with Crippen molar-refractivity contribution in [2.75, 3.05) is 28.7 Å². The Balaban J connectivity index is 1.33. The van der Waals surface area contributed by atoms with E-state index in [0.717, 1.165) is 62.0 Å². The summed E-state index contributed by atoms with van der Waals surface area (Å²) < 4.78 is 39.2. The van der Waals surface area contributed by atoms with E-state index in [1.54, 1.807) is 12.3 Å². The molecule has 0 atom stereocenters. The van der Waals surface area contributed by atoms with Gasteiger partial charge in [-0.3, -0.25) is 0 Å². The molecule has 1 aliphatic carbocycles. The minimum absolute atomic E-state index is 0.139. The molecule has 2 aliphatic rings. The van der Waals surface area contributed by atoms with Gasteiger partial charge in [0.2, 0.25) is 17.8 Å². The molecule has 2 heterocycles. The van der Waals surface area contributed by atoms with Gasteiger partial charge in [0.05, 0.1) is 11.8 Å². The molecule has 7 nitrogen and oxygen atoms in total. The Morgan fingerprint density at radius 3 is 2.58 bits per heavy atom. The standard InChI is InChI=1S/C26H26F3N7/c27-26(28,29)21-9-6-7-18(15-21)16-30-23-32-24(34-25(33-23)36-13-4-1-5-14-36)35-31-17-20-12-11-19-8-2-3-10-22(19)20/h2-3,6-10,12,15,17H,1,4-5,11,13-14,16H2,(H2,30,32,33,34,35)/b31-17+. The van der Waals surface area contributed by atoms with E-state index in [0.29, 0.717) is 11.5 Å².